The van der Waals surface area contributed by atoms with Crippen LogP contribution in [-0.2, 0) is 13.1 Å². The average molecular weight is 321 g/mol. The highest BCUT2D eigenvalue weighted by atomic mass is 16.3. The summed E-state index contributed by atoms with van der Waals surface area (Å²) in [5.74, 6) is 1.23. The second kappa shape index (κ2) is 6.35. The zero-order chi connectivity index (χ0) is 16.4. The molecule has 2 aromatic heterocycles. The second-order valence-electron chi connectivity index (χ2n) is 6.10. The summed E-state index contributed by atoms with van der Waals surface area (Å²) in [5.41, 5.74) is 1.21. The molecule has 1 amide bonds. The highest BCUT2D eigenvalue weighted by Crippen LogP contribution is 2.29. The molecule has 5 heteroatoms. The number of hydrogen-bond acceptors (Lipinski definition) is 3. The van der Waals surface area contributed by atoms with E-state index in [4.69, 9.17) is 4.42 Å². The van der Waals surface area contributed by atoms with Gasteiger partial charge in [0.05, 0.1) is 12.8 Å². The van der Waals surface area contributed by atoms with Crippen molar-refractivity contribution in [1.82, 2.24) is 14.5 Å². The van der Waals surface area contributed by atoms with Crippen LogP contribution in [0.15, 0.2) is 65.5 Å². The van der Waals surface area contributed by atoms with Gasteiger partial charge in [0.1, 0.15) is 5.82 Å². The fraction of sp³-hybridized carbons (Fsp3) is 0.263. The van der Waals surface area contributed by atoms with Crippen molar-refractivity contribution < 1.29 is 9.21 Å². The molecule has 0 aliphatic heterocycles. The lowest BCUT2D eigenvalue weighted by molar-refractivity contribution is 0.0691. The second-order valence-corrected chi connectivity index (χ2v) is 6.10. The number of aromatic nitrogens is 2. The van der Waals surface area contributed by atoms with Crippen LogP contribution in [0, 0.1) is 0 Å². The van der Waals surface area contributed by atoms with Gasteiger partial charge < -0.3 is 13.9 Å². The Labute approximate surface area is 140 Å². The van der Waals surface area contributed by atoms with Gasteiger partial charge in [0.2, 0.25) is 0 Å². The van der Waals surface area contributed by atoms with E-state index >= 15 is 0 Å². The molecule has 0 bridgehead atoms. The Morgan fingerprint density at radius 2 is 2.04 bits per heavy atom. The topological polar surface area (TPSA) is 51.3 Å². The smallest absolute Gasteiger partial charge is 0.290 e. The molecular weight excluding hydrogens is 302 g/mol. The van der Waals surface area contributed by atoms with Crippen LogP contribution in [0.2, 0.25) is 0 Å². The fourth-order valence-electron chi connectivity index (χ4n) is 2.86. The third kappa shape index (κ3) is 3.11. The van der Waals surface area contributed by atoms with Crippen LogP contribution in [-0.4, -0.2) is 26.4 Å². The molecule has 4 rings (SSSR count). The Bertz CT molecular complexity index is 804. The first-order valence-electron chi connectivity index (χ1n) is 8.19. The largest absolute Gasteiger partial charge is 0.459 e. The minimum atomic E-state index is -0.0586. The van der Waals surface area contributed by atoms with Crippen LogP contribution in [0.5, 0.6) is 0 Å². The van der Waals surface area contributed by atoms with Gasteiger partial charge in [-0.15, -0.1) is 0 Å². The molecule has 1 saturated carbocycles. The van der Waals surface area contributed by atoms with E-state index in [0.717, 1.165) is 25.2 Å². The number of imidazole rings is 1. The number of carbonyl (C=O) groups excluding carboxylic acids is 1. The minimum Gasteiger partial charge on any atom is -0.459 e. The third-order valence-electron chi connectivity index (χ3n) is 4.29. The van der Waals surface area contributed by atoms with Crippen molar-refractivity contribution in [3.63, 3.8) is 0 Å². The number of amides is 1. The molecule has 0 unspecified atom stereocenters. The van der Waals surface area contributed by atoms with Crippen molar-refractivity contribution in [2.24, 2.45) is 0 Å². The summed E-state index contributed by atoms with van der Waals surface area (Å²) in [6.45, 7) is 1.26. The number of carbonyl (C=O) groups is 1. The van der Waals surface area contributed by atoms with Crippen LogP contribution in [0.25, 0.3) is 0 Å². The molecular formula is C19H19N3O2. The van der Waals surface area contributed by atoms with E-state index in [0.29, 0.717) is 18.3 Å². The maximum atomic E-state index is 12.7. The van der Waals surface area contributed by atoms with E-state index in [9.17, 15) is 4.79 Å². The van der Waals surface area contributed by atoms with Crippen LogP contribution < -0.4 is 0 Å². The van der Waals surface area contributed by atoms with Crippen molar-refractivity contribution in [3.05, 3.63) is 78.3 Å². The van der Waals surface area contributed by atoms with Gasteiger partial charge in [-0.25, -0.2) is 4.98 Å². The van der Waals surface area contributed by atoms with Gasteiger partial charge in [-0.05, 0) is 30.5 Å². The lowest BCUT2D eigenvalue weighted by atomic mass is 10.2. The van der Waals surface area contributed by atoms with Gasteiger partial charge >= 0.3 is 0 Å². The van der Waals surface area contributed by atoms with Gasteiger partial charge in [0.15, 0.2) is 5.76 Å². The summed E-state index contributed by atoms with van der Waals surface area (Å²) < 4.78 is 7.38. The van der Waals surface area contributed by atoms with Crippen molar-refractivity contribution in [2.45, 2.75) is 32.0 Å². The van der Waals surface area contributed by atoms with Gasteiger partial charge in [-0.2, -0.15) is 0 Å². The minimum absolute atomic E-state index is 0.0586. The van der Waals surface area contributed by atoms with Gasteiger partial charge in [-0.3, -0.25) is 4.79 Å². The summed E-state index contributed by atoms with van der Waals surface area (Å²) >= 11 is 0. The fourth-order valence-corrected chi connectivity index (χ4v) is 2.86. The number of rotatable bonds is 6. The Kier molecular flexibility index (Phi) is 3.91. The molecule has 0 saturated heterocycles. The Morgan fingerprint density at radius 1 is 1.21 bits per heavy atom. The summed E-state index contributed by atoms with van der Waals surface area (Å²) in [6.07, 6.45) is 7.39. The molecule has 0 N–H and O–H groups in total. The molecule has 2 heterocycles. The van der Waals surface area contributed by atoms with E-state index in [2.05, 4.69) is 21.7 Å². The first-order chi connectivity index (χ1) is 11.8. The predicted octanol–water partition coefficient (Wildman–Crippen LogP) is 3.33. The number of furan rings is 1. The van der Waals surface area contributed by atoms with Crippen molar-refractivity contribution in [3.8, 4) is 0 Å². The summed E-state index contributed by atoms with van der Waals surface area (Å²) in [7, 11) is 0. The maximum absolute atomic E-state index is 12.7. The van der Waals surface area contributed by atoms with Gasteiger partial charge in [-0.1, -0.05) is 30.3 Å². The standard InChI is InChI=1S/C19H19N3O2/c23-19(17-7-4-12-24-17)22(16-8-9-16)14-18-20-10-11-21(18)13-15-5-2-1-3-6-15/h1-7,10-12,16H,8-9,13-14H2. The van der Waals surface area contributed by atoms with Crippen molar-refractivity contribution in [2.75, 3.05) is 0 Å². The van der Waals surface area contributed by atoms with E-state index in [-0.39, 0.29) is 5.91 Å². The quantitative estimate of drug-likeness (QED) is 0.700. The van der Waals surface area contributed by atoms with Crippen LogP contribution in [0.1, 0.15) is 34.8 Å². The molecule has 0 spiro atoms. The number of nitrogens with zero attached hydrogens (tertiary/aromatic N) is 3. The first-order valence-corrected chi connectivity index (χ1v) is 8.19. The summed E-state index contributed by atoms with van der Waals surface area (Å²) in [4.78, 5) is 19.0. The van der Waals surface area contributed by atoms with Gasteiger partial charge in [0.25, 0.3) is 5.91 Å². The Hall–Kier alpha value is -2.82. The zero-order valence-corrected chi connectivity index (χ0v) is 13.3. The van der Waals surface area contributed by atoms with Crippen LogP contribution in [0.4, 0.5) is 0 Å². The molecule has 3 aromatic rings. The van der Waals surface area contributed by atoms with Crippen molar-refractivity contribution >= 4 is 5.91 Å². The lowest BCUT2D eigenvalue weighted by Gasteiger charge is -2.21. The van der Waals surface area contributed by atoms with E-state index in [1.807, 2.05) is 29.3 Å². The molecule has 1 aliphatic rings. The van der Waals surface area contributed by atoms with Crippen LogP contribution in [0.3, 0.4) is 0 Å². The molecule has 1 fully saturated rings. The Balaban J connectivity index is 1.53. The first kappa shape index (κ1) is 14.8. The molecule has 0 atom stereocenters. The lowest BCUT2D eigenvalue weighted by Crippen LogP contribution is -2.33. The molecule has 1 aromatic carbocycles. The molecule has 122 valence electrons. The number of hydrogen-bond donors (Lipinski definition) is 0. The highest BCUT2D eigenvalue weighted by molar-refractivity contribution is 5.91. The zero-order valence-electron chi connectivity index (χ0n) is 13.3. The van der Waals surface area contributed by atoms with Crippen molar-refractivity contribution in [1.29, 1.82) is 0 Å². The van der Waals surface area contributed by atoms with E-state index < -0.39 is 0 Å². The van der Waals surface area contributed by atoms with Gasteiger partial charge in [0, 0.05) is 25.0 Å². The van der Waals surface area contributed by atoms with E-state index in [1.54, 1.807) is 18.3 Å². The highest BCUT2D eigenvalue weighted by Gasteiger charge is 2.34. The van der Waals surface area contributed by atoms with E-state index in [1.165, 1.54) is 11.8 Å². The average Bonchev–Trinajstić information content (AvgIpc) is 3.12. The normalized spacial score (nSPS) is 13.8. The molecule has 5 nitrogen and oxygen atoms in total. The SMILES string of the molecule is O=C(c1ccco1)N(Cc1nccn1Cc1ccccc1)C1CC1. The Morgan fingerprint density at radius 3 is 2.75 bits per heavy atom. The molecule has 1 aliphatic carbocycles. The molecule has 24 heavy (non-hydrogen) atoms. The molecule has 0 radical (unpaired) electrons. The predicted molar refractivity (Wildman–Crippen MR) is 89.4 cm³/mol. The third-order valence-corrected chi connectivity index (χ3v) is 4.29. The van der Waals surface area contributed by atoms with Crippen LogP contribution >= 0.6 is 0 Å². The monoisotopic (exact) mass is 321 g/mol. The number of benzene rings is 1. The summed E-state index contributed by atoms with van der Waals surface area (Å²) in [6, 6.07) is 14.0. The maximum Gasteiger partial charge on any atom is 0.290 e. The summed E-state index contributed by atoms with van der Waals surface area (Å²) in [5, 5.41) is 0.